The van der Waals surface area contributed by atoms with Crippen LogP contribution in [0.5, 0.6) is 5.75 Å². The molecule has 0 saturated carbocycles. The van der Waals surface area contributed by atoms with E-state index in [9.17, 15) is 14.9 Å². The topological polar surface area (TPSA) is 96.7 Å². The largest absolute Gasteiger partial charge is 0.487 e. The van der Waals surface area contributed by atoms with Gasteiger partial charge in [0.2, 0.25) is 0 Å². The van der Waals surface area contributed by atoms with Crippen LogP contribution in [0.3, 0.4) is 0 Å². The molecule has 8 nitrogen and oxygen atoms in total. The predicted octanol–water partition coefficient (Wildman–Crippen LogP) is 1.02. The minimum atomic E-state index is -0.536. The van der Waals surface area contributed by atoms with Gasteiger partial charge in [0.15, 0.2) is 5.75 Å². The Balaban J connectivity index is 1.85. The molecular weight excluding hydrogens is 312 g/mol. The summed E-state index contributed by atoms with van der Waals surface area (Å²) in [5.74, 6) is -0.126. The van der Waals surface area contributed by atoms with Gasteiger partial charge < -0.3 is 20.3 Å². The number of nitro benzene ring substituents is 1. The second-order valence-electron chi connectivity index (χ2n) is 5.57. The van der Waals surface area contributed by atoms with E-state index in [2.05, 4.69) is 15.5 Å². The lowest BCUT2D eigenvalue weighted by molar-refractivity contribution is -0.385. The van der Waals surface area contributed by atoms with Crippen LogP contribution in [0.25, 0.3) is 0 Å². The van der Waals surface area contributed by atoms with Crippen LogP contribution in [-0.2, 0) is 0 Å². The van der Waals surface area contributed by atoms with Gasteiger partial charge in [-0.15, -0.1) is 0 Å². The van der Waals surface area contributed by atoms with Gasteiger partial charge in [0, 0.05) is 44.4 Å². The van der Waals surface area contributed by atoms with Crippen molar-refractivity contribution in [2.24, 2.45) is 0 Å². The summed E-state index contributed by atoms with van der Waals surface area (Å²) in [5, 5.41) is 17.2. The molecule has 1 aromatic rings. The Bertz CT molecular complexity index is 573. The molecule has 2 N–H and O–H groups in total. The summed E-state index contributed by atoms with van der Waals surface area (Å²) in [5.41, 5.74) is 0.0812. The first-order valence-electron chi connectivity index (χ1n) is 8.24. The highest BCUT2D eigenvalue weighted by Crippen LogP contribution is 2.27. The van der Waals surface area contributed by atoms with Gasteiger partial charge >= 0.3 is 5.69 Å². The normalized spacial score (nSPS) is 15.0. The number of hydrogen-bond acceptors (Lipinski definition) is 6. The Morgan fingerprint density at radius 2 is 2.17 bits per heavy atom. The maximum Gasteiger partial charge on any atom is 0.311 e. The van der Waals surface area contributed by atoms with Crippen molar-refractivity contribution in [3.05, 3.63) is 33.9 Å². The number of benzene rings is 1. The van der Waals surface area contributed by atoms with Crippen molar-refractivity contribution in [3.8, 4) is 5.75 Å². The third-order valence-corrected chi connectivity index (χ3v) is 3.86. The van der Waals surface area contributed by atoms with Crippen molar-refractivity contribution >= 4 is 11.6 Å². The maximum atomic E-state index is 12.1. The molecule has 8 heteroatoms. The van der Waals surface area contributed by atoms with Crippen molar-refractivity contribution in [3.63, 3.8) is 0 Å². The van der Waals surface area contributed by atoms with Crippen molar-refractivity contribution in [2.75, 3.05) is 45.9 Å². The molecule has 1 saturated heterocycles. The highest BCUT2D eigenvalue weighted by Gasteiger charge is 2.18. The summed E-state index contributed by atoms with van der Waals surface area (Å²) in [6.45, 7) is 7.62. The van der Waals surface area contributed by atoms with Crippen LogP contribution in [0.15, 0.2) is 18.2 Å². The molecule has 0 unspecified atom stereocenters. The maximum absolute atomic E-state index is 12.1. The first kappa shape index (κ1) is 18.2. The van der Waals surface area contributed by atoms with Crippen LogP contribution in [0.2, 0.25) is 0 Å². The summed E-state index contributed by atoms with van der Waals surface area (Å²) in [6, 6.07) is 4.28. The quantitative estimate of drug-likeness (QED) is 0.418. The number of nitrogens with one attached hydrogen (secondary N) is 2. The van der Waals surface area contributed by atoms with Crippen LogP contribution >= 0.6 is 0 Å². The highest BCUT2D eigenvalue weighted by atomic mass is 16.6. The van der Waals surface area contributed by atoms with E-state index in [0.717, 1.165) is 39.1 Å². The van der Waals surface area contributed by atoms with Gasteiger partial charge in [-0.2, -0.15) is 0 Å². The zero-order chi connectivity index (χ0) is 17.4. The number of hydrogen-bond donors (Lipinski definition) is 2. The number of carbonyl (C=O) groups is 1. The van der Waals surface area contributed by atoms with Crippen LogP contribution in [-0.4, -0.2) is 61.6 Å². The van der Waals surface area contributed by atoms with Crippen LogP contribution in [0.1, 0.15) is 23.7 Å². The van der Waals surface area contributed by atoms with E-state index in [-0.39, 0.29) is 22.9 Å². The molecule has 1 aromatic carbocycles. The minimum absolute atomic E-state index is 0.178. The summed E-state index contributed by atoms with van der Waals surface area (Å²) in [7, 11) is 0. The lowest BCUT2D eigenvalue weighted by atomic mass is 10.1. The summed E-state index contributed by atoms with van der Waals surface area (Å²) in [6.07, 6.45) is 0.852. The Morgan fingerprint density at radius 1 is 1.42 bits per heavy atom. The molecular formula is C16H24N4O4. The van der Waals surface area contributed by atoms with Gasteiger partial charge in [-0.3, -0.25) is 14.9 Å². The molecule has 0 bridgehead atoms. The van der Waals surface area contributed by atoms with Crippen molar-refractivity contribution < 1.29 is 14.5 Å². The van der Waals surface area contributed by atoms with E-state index >= 15 is 0 Å². The fraction of sp³-hybridized carbons (Fsp3) is 0.562. The molecule has 1 heterocycles. The van der Waals surface area contributed by atoms with E-state index < -0.39 is 4.92 Å². The average Bonchev–Trinajstić information content (AvgIpc) is 2.60. The lowest BCUT2D eigenvalue weighted by Gasteiger charge is -2.27. The lowest BCUT2D eigenvalue weighted by Crippen LogP contribution is -2.44. The minimum Gasteiger partial charge on any atom is -0.487 e. The van der Waals surface area contributed by atoms with Crippen LogP contribution in [0, 0.1) is 10.1 Å². The van der Waals surface area contributed by atoms with E-state index in [4.69, 9.17) is 4.74 Å². The molecule has 1 fully saturated rings. The van der Waals surface area contributed by atoms with E-state index in [0.29, 0.717) is 13.2 Å². The second kappa shape index (κ2) is 9.19. The Morgan fingerprint density at radius 3 is 2.83 bits per heavy atom. The fourth-order valence-corrected chi connectivity index (χ4v) is 2.62. The van der Waals surface area contributed by atoms with E-state index in [1.54, 1.807) is 13.0 Å². The van der Waals surface area contributed by atoms with E-state index in [1.807, 2.05) is 0 Å². The summed E-state index contributed by atoms with van der Waals surface area (Å²) in [4.78, 5) is 25.0. The van der Waals surface area contributed by atoms with Crippen LogP contribution < -0.4 is 15.4 Å². The SMILES string of the molecule is CCOc1ccc(C(=O)NCCCN2CCNCC2)cc1[N+](=O)[O-]. The number of rotatable bonds is 8. The first-order chi connectivity index (χ1) is 11.6. The number of amides is 1. The molecule has 24 heavy (non-hydrogen) atoms. The van der Waals surface area contributed by atoms with Crippen molar-refractivity contribution in [1.29, 1.82) is 0 Å². The number of piperazine rings is 1. The molecule has 0 spiro atoms. The Hall–Kier alpha value is -2.19. The second-order valence-corrected chi connectivity index (χ2v) is 5.57. The van der Waals surface area contributed by atoms with Gasteiger partial charge in [0.1, 0.15) is 0 Å². The van der Waals surface area contributed by atoms with Gasteiger partial charge in [-0.1, -0.05) is 0 Å². The number of ether oxygens (including phenoxy) is 1. The third kappa shape index (κ3) is 5.17. The number of nitro groups is 1. The van der Waals surface area contributed by atoms with E-state index in [1.165, 1.54) is 12.1 Å². The molecule has 0 aliphatic carbocycles. The van der Waals surface area contributed by atoms with Gasteiger partial charge in [0.25, 0.3) is 5.91 Å². The zero-order valence-electron chi connectivity index (χ0n) is 13.9. The van der Waals surface area contributed by atoms with Gasteiger partial charge in [-0.25, -0.2) is 0 Å². The monoisotopic (exact) mass is 336 g/mol. The zero-order valence-corrected chi connectivity index (χ0v) is 13.9. The fourth-order valence-electron chi connectivity index (χ4n) is 2.62. The summed E-state index contributed by atoms with van der Waals surface area (Å²) >= 11 is 0. The smallest absolute Gasteiger partial charge is 0.311 e. The highest BCUT2D eigenvalue weighted by molar-refractivity contribution is 5.95. The molecule has 2 rings (SSSR count). The van der Waals surface area contributed by atoms with Gasteiger partial charge in [-0.05, 0) is 32.0 Å². The van der Waals surface area contributed by atoms with Gasteiger partial charge in [0.05, 0.1) is 11.5 Å². The van der Waals surface area contributed by atoms with Crippen molar-refractivity contribution in [1.82, 2.24) is 15.5 Å². The molecule has 0 aromatic heterocycles. The molecule has 1 amide bonds. The van der Waals surface area contributed by atoms with Crippen LogP contribution in [0.4, 0.5) is 5.69 Å². The number of carbonyl (C=O) groups excluding carboxylic acids is 1. The predicted molar refractivity (Wildman–Crippen MR) is 90.5 cm³/mol. The standard InChI is InChI=1S/C16H24N4O4/c1-2-24-15-5-4-13(12-14(15)20(22)23)16(21)18-6-3-9-19-10-7-17-8-11-19/h4-5,12,17H,2-3,6-11H2,1H3,(H,18,21). The third-order valence-electron chi connectivity index (χ3n) is 3.86. The molecule has 0 atom stereocenters. The Labute approximate surface area is 141 Å². The Kier molecular flexibility index (Phi) is 6.95. The average molecular weight is 336 g/mol. The first-order valence-corrected chi connectivity index (χ1v) is 8.24. The molecule has 1 aliphatic heterocycles. The number of nitrogens with zero attached hydrogens (tertiary/aromatic N) is 2. The summed E-state index contributed by atoms with van der Waals surface area (Å²) < 4.78 is 5.21. The molecule has 1 aliphatic rings. The molecule has 132 valence electrons. The van der Waals surface area contributed by atoms with Crippen molar-refractivity contribution in [2.45, 2.75) is 13.3 Å². The molecule has 0 radical (unpaired) electrons.